The Bertz CT molecular complexity index is 395. The molecule has 0 N–H and O–H groups in total. The Labute approximate surface area is 103 Å². The van der Waals surface area contributed by atoms with Crippen LogP contribution < -0.4 is 0 Å². The van der Waals surface area contributed by atoms with Gasteiger partial charge in [0, 0.05) is 18.8 Å². The number of aromatic nitrogens is 1. The topological polar surface area (TPSA) is 30.0 Å². The summed E-state index contributed by atoms with van der Waals surface area (Å²) in [5, 5.41) is 0. The molecule has 1 aliphatic rings. The van der Waals surface area contributed by atoms with E-state index in [9.17, 15) is 4.79 Å². The van der Waals surface area contributed by atoms with Gasteiger partial charge >= 0.3 is 0 Å². The number of carbonyl (C=O) groups excluding carboxylic acids is 1. The van der Waals surface area contributed by atoms with Crippen LogP contribution in [0.25, 0.3) is 0 Å². The molecule has 2 heteroatoms. The van der Waals surface area contributed by atoms with Crippen LogP contribution in [0.5, 0.6) is 0 Å². The lowest BCUT2D eigenvalue weighted by atomic mass is 9.95. The highest BCUT2D eigenvalue weighted by Crippen LogP contribution is 2.18. The summed E-state index contributed by atoms with van der Waals surface area (Å²) in [5.74, 6) is 0.278. The first-order valence-electron chi connectivity index (χ1n) is 6.47. The van der Waals surface area contributed by atoms with Gasteiger partial charge in [-0.25, -0.2) is 0 Å². The Hall–Kier alpha value is -1.44. The van der Waals surface area contributed by atoms with Crippen LogP contribution in [0.2, 0.25) is 0 Å². The summed E-state index contributed by atoms with van der Waals surface area (Å²) < 4.78 is 0. The molecule has 17 heavy (non-hydrogen) atoms. The quantitative estimate of drug-likeness (QED) is 0.794. The van der Waals surface area contributed by atoms with E-state index in [0.29, 0.717) is 6.42 Å². The summed E-state index contributed by atoms with van der Waals surface area (Å²) >= 11 is 0. The average Bonchev–Trinajstić information content (AvgIpc) is 2.29. The first kappa shape index (κ1) is 12.0. The average molecular weight is 229 g/mol. The van der Waals surface area contributed by atoms with Gasteiger partial charge in [-0.1, -0.05) is 25.0 Å². The number of Topliss-reactive ketones (excluding diaryl/α,β-unsaturated/α-hetero) is 1. The normalized spacial score (nSPS) is 19.9. The number of allylic oxidation sites excluding steroid dienone is 2. The fourth-order valence-corrected chi connectivity index (χ4v) is 2.25. The van der Waals surface area contributed by atoms with Gasteiger partial charge < -0.3 is 0 Å². The van der Waals surface area contributed by atoms with Crippen LogP contribution in [0, 0.1) is 0 Å². The van der Waals surface area contributed by atoms with Gasteiger partial charge in [0.1, 0.15) is 0 Å². The third-order valence-corrected chi connectivity index (χ3v) is 3.24. The summed E-state index contributed by atoms with van der Waals surface area (Å²) in [5.41, 5.74) is 2.05. The largest absolute Gasteiger partial charge is 0.294 e. The van der Waals surface area contributed by atoms with Crippen LogP contribution in [-0.2, 0) is 11.2 Å². The zero-order chi connectivity index (χ0) is 11.9. The number of carbonyl (C=O) groups is 1. The maximum absolute atomic E-state index is 12.1. The molecule has 0 radical (unpaired) electrons. The van der Waals surface area contributed by atoms with E-state index in [0.717, 1.165) is 30.4 Å². The number of hydrogen-bond acceptors (Lipinski definition) is 2. The second-order valence-corrected chi connectivity index (χ2v) is 4.64. The summed E-state index contributed by atoms with van der Waals surface area (Å²) in [6.07, 6.45) is 13.1. The van der Waals surface area contributed by atoms with Gasteiger partial charge in [0.05, 0.1) is 0 Å². The monoisotopic (exact) mass is 229 g/mol. The van der Waals surface area contributed by atoms with Crippen molar-refractivity contribution in [3.8, 4) is 0 Å². The summed E-state index contributed by atoms with van der Waals surface area (Å²) in [7, 11) is 0. The molecule has 2 rings (SSSR count). The molecule has 0 aromatic carbocycles. The molecule has 0 bridgehead atoms. The molecule has 0 saturated carbocycles. The van der Waals surface area contributed by atoms with E-state index in [-0.39, 0.29) is 5.78 Å². The standard InChI is InChI=1S/C15H19NO/c17-15(11-13-7-6-10-16-12-13)14-8-4-2-1-3-5-9-14/h6-8,10,12H,1-5,9,11H2/b14-8+. The Morgan fingerprint density at radius 1 is 1.24 bits per heavy atom. The molecular weight excluding hydrogens is 210 g/mol. The molecule has 1 heterocycles. The van der Waals surface area contributed by atoms with E-state index >= 15 is 0 Å². The molecular formula is C15H19NO. The molecule has 0 atom stereocenters. The van der Waals surface area contributed by atoms with Crippen LogP contribution in [0.3, 0.4) is 0 Å². The van der Waals surface area contributed by atoms with E-state index in [1.165, 1.54) is 19.3 Å². The van der Waals surface area contributed by atoms with Gasteiger partial charge in [-0.15, -0.1) is 0 Å². The lowest BCUT2D eigenvalue weighted by Gasteiger charge is -2.10. The van der Waals surface area contributed by atoms with E-state index in [1.807, 2.05) is 12.1 Å². The maximum atomic E-state index is 12.1. The van der Waals surface area contributed by atoms with Crippen molar-refractivity contribution < 1.29 is 4.79 Å². The minimum Gasteiger partial charge on any atom is -0.294 e. The van der Waals surface area contributed by atoms with Gasteiger partial charge in [-0.05, 0) is 42.9 Å². The Morgan fingerprint density at radius 3 is 2.94 bits per heavy atom. The van der Waals surface area contributed by atoms with Crippen molar-refractivity contribution in [2.24, 2.45) is 0 Å². The lowest BCUT2D eigenvalue weighted by molar-refractivity contribution is -0.115. The fraction of sp³-hybridized carbons (Fsp3) is 0.467. The van der Waals surface area contributed by atoms with Crippen molar-refractivity contribution in [2.45, 2.75) is 44.9 Å². The molecule has 0 saturated heterocycles. The van der Waals surface area contributed by atoms with Crippen LogP contribution in [0.15, 0.2) is 36.2 Å². The van der Waals surface area contributed by atoms with Crippen molar-refractivity contribution in [3.63, 3.8) is 0 Å². The van der Waals surface area contributed by atoms with Crippen molar-refractivity contribution in [2.75, 3.05) is 0 Å². The van der Waals surface area contributed by atoms with Gasteiger partial charge in [0.15, 0.2) is 5.78 Å². The third kappa shape index (κ3) is 3.81. The summed E-state index contributed by atoms with van der Waals surface area (Å²) in [6, 6.07) is 3.85. The zero-order valence-electron chi connectivity index (χ0n) is 10.2. The van der Waals surface area contributed by atoms with Crippen molar-refractivity contribution in [3.05, 3.63) is 41.7 Å². The summed E-state index contributed by atoms with van der Waals surface area (Å²) in [6.45, 7) is 0. The molecule has 0 aliphatic heterocycles. The lowest BCUT2D eigenvalue weighted by Crippen LogP contribution is -2.08. The van der Waals surface area contributed by atoms with Gasteiger partial charge in [-0.3, -0.25) is 9.78 Å². The Balaban J connectivity index is 1.99. The Kier molecular flexibility index (Phi) is 4.48. The van der Waals surface area contributed by atoms with Gasteiger partial charge in [-0.2, -0.15) is 0 Å². The summed E-state index contributed by atoms with van der Waals surface area (Å²) in [4.78, 5) is 16.2. The van der Waals surface area contributed by atoms with Crippen LogP contribution in [0.1, 0.15) is 44.1 Å². The smallest absolute Gasteiger partial charge is 0.162 e. The highest BCUT2D eigenvalue weighted by molar-refractivity contribution is 5.96. The number of ketones is 1. The zero-order valence-corrected chi connectivity index (χ0v) is 10.2. The molecule has 90 valence electrons. The second-order valence-electron chi connectivity index (χ2n) is 4.64. The minimum absolute atomic E-state index is 0.278. The number of hydrogen-bond donors (Lipinski definition) is 0. The van der Waals surface area contributed by atoms with Gasteiger partial charge in [0.2, 0.25) is 0 Å². The first-order chi connectivity index (χ1) is 8.36. The fourth-order valence-electron chi connectivity index (χ4n) is 2.25. The molecule has 0 fully saturated rings. The predicted octanol–water partition coefficient (Wildman–Crippen LogP) is 3.47. The molecule has 2 nitrogen and oxygen atoms in total. The Morgan fingerprint density at radius 2 is 2.12 bits per heavy atom. The molecule has 0 amide bonds. The molecule has 1 aliphatic carbocycles. The highest BCUT2D eigenvalue weighted by atomic mass is 16.1. The second kappa shape index (κ2) is 6.33. The number of rotatable bonds is 3. The number of pyridine rings is 1. The SMILES string of the molecule is O=C(Cc1cccnc1)/C1=C/CCCCCC1. The molecule has 1 aromatic rings. The van der Waals surface area contributed by atoms with Crippen molar-refractivity contribution in [1.29, 1.82) is 0 Å². The molecule has 1 aromatic heterocycles. The van der Waals surface area contributed by atoms with E-state index in [2.05, 4.69) is 11.1 Å². The van der Waals surface area contributed by atoms with E-state index < -0.39 is 0 Å². The first-order valence-corrected chi connectivity index (χ1v) is 6.47. The third-order valence-electron chi connectivity index (χ3n) is 3.24. The predicted molar refractivity (Wildman–Crippen MR) is 68.7 cm³/mol. The highest BCUT2D eigenvalue weighted by Gasteiger charge is 2.11. The van der Waals surface area contributed by atoms with E-state index in [4.69, 9.17) is 0 Å². The minimum atomic E-state index is 0.278. The van der Waals surface area contributed by atoms with Crippen LogP contribution in [0.4, 0.5) is 0 Å². The van der Waals surface area contributed by atoms with Crippen LogP contribution in [-0.4, -0.2) is 10.8 Å². The van der Waals surface area contributed by atoms with Crippen molar-refractivity contribution in [1.82, 2.24) is 4.98 Å². The van der Waals surface area contributed by atoms with E-state index in [1.54, 1.807) is 12.4 Å². The number of nitrogens with zero attached hydrogens (tertiary/aromatic N) is 1. The molecule has 0 spiro atoms. The molecule has 0 unspecified atom stereocenters. The van der Waals surface area contributed by atoms with Gasteiger partial charge in [0.25, 0.3) is 0 Å². The van der Waals surface area contributed by atoms with Crippen molar-refractivity contribution >= 4 is 5.78 Å². The maximum Gasteiger partial charge on any atom is 0.162 e. The van der Waals surface area contributed by atoms with Crippen LogP contribution >= 0.6 is 0 Å².